The molecule has 0 amide bonds. The van der Waals surface area contributed by atoms with Crippen molar-refractivity contribution in [2.75, 3.05) is 39.6 Å². The third-order valence-electron chi connectivity index (χ3n) is 11.9. The van der Waals surface area contributed by atoms with Crippen molar-refractivity contribution in [2.45, 2.75) is 263 Å². The Kier molecular flexibility index (Phi) is 48.7. The number of carbonyl (C=O) groups is 2. The molecule has 414 valence electrons. The number of rotatable bonds is 54. The lowest BCUT2D eigenvalue weighted by atomic mass is 10.0. The molecular formula is C53H102O15P2. The molecule has 0 aliphatic carbocycles. The van der Waals surface area contributed by atoms with E-state index in [1.54, 1.807) is 0 Å². The van der Waals surface area contributed by atoms with Gasteiger partial charge in [-0.05, 0) is 64.2 Å². The number of aliphatic hydroxyl groups is 3. The highest BCUT2D eigenvalue weighted by Gasteiger charge is 2.28. The topological polar surface area (TPSA) is 225 Å². The average Bonchev–Trinajstić information content (AvgIpc) is 3.34. The number of hydrogen-bond donors (Lipinski definition) is 5. The first-order valence-electron chi connectivity index (χ1n) is 27.7. The van der Waals surface area contributed by atoms with Gasteiger partial charge < -0.3 is 34.6 Å². The molecule has 0 aromatic rings. The van der Waals surface area contributed by atoms with E-state index in [-0.39, 0.29) is 12.8 Å². The molecule has 0 aromatic heterocycles. The molecule has 0 aliphatic heterocycles. The highest BCUT2D eigenvalue weighted by Crippen LogP contribution is 2.45. The lowest BCUT2D eigenvalue weighted by Crippen LogP contribution is -2.25. The van der Waals surface area contributed by atoms with Crippen molar-refractivity contribution in [1.82, 2.24) is 0 Å². The van der Waals surface area contributed by atoms with Crippen LogP contribution >= 0.6 is 15.6 Å². The lowest BCUT2D eigenvalue weighted by molar-refractivity contribution is -0.148. The van der Waals surface area contributed by atoms with E-state index in [1.807, 2.05) is 0 Å². The van der Waals surface area contributed by atoms with Crippen molar-refractivity contribution in [1.29, 1.82) is 0 Å². The highest BCUT2D eigenvalue weighted by atomic mass is 31.2. The van der Waals surface area contributed by atoms with Crippen LogP contribution in [0.5, 0.6) is 0 Å². The molecule has 0 heterocycles. The summed E-state index contributed by atoms with van der Waals surface area (Å²) in [5.41, 5.74) is 0. The molecule has 0 saturated carbocycles. The second-order valence-corrected chi connectivity index (χ2v) is 21.9. The zero-order chi connectivity index (χ0) is 51.7. The predicted octanol–water partition coefficient (Wildman–Crippen LogP) is 13.6. The lowest BCUT2D eigenvalue weighted by Gasteiger charge is -2.19. The largest absolute Gasteiger partial charge is 0.472 e. The molecule has 0 fully saturated rings. The van der Waals surface area contributed by atoms with E-state index < -0.39 is 85.5 Å². The van der Waals surface area contributed by atoms with Crippen molar-refractivity contribution >= 4 is 27.6 Å². The van der Waals surface area contributed by atoms with Crippen molar-refractivity contribution in [2.24, 2.45) is 0 Å². The summed E-state index contributed by atoms with van der Waals surface area (Å²) in [5.74, 6) is -0.992. The van der Waals surface area contributed by atoms with Crippen LogP contribution < -0.4 is 0 Å². The molecule has 0 aliphatic rings. The van der Waals surface area contributed by atoms with Gasteiger partial charge >= 0.3 is 27.6 Å². The van der Waals surface area contributed by atoms with Crippen LogP contribution in [0.15, 0.2) is 24.3 Å². The van der Waals surface area contributed by atoms with Gasteiger partial charge in [0, 0.05) is 12.8 Å². The fourth-order valence-corrected chi connectivity index (χ4v) is 9.15. The molecule has 0 spiro atoms. The first-order chi connectivity index (χ1) is 33.8. The number of phosphoric acid groups is 2. The normalized spacial score (nSPS) is 15.0. The summed E-state index contributed by atoms with van der Waals surface area (Å²) >= 11 is 0. The van der Waals surface area contributed by atoms with Crippen LogP contribution in [-0.2, 0) is 46.3 Å². The summed E-state index contributed by atoms with van der Waals surface area (Å²) in [5, 5.41) is 30.1. The minimum atomic E-state index is -4.79. The molecule has 5 atom stereocenters. The van der Waals surface area contributed by atoms with Crippen LogP contribution in [0.2, 0.25) is 0 Å². The van der Waals surface area contributed by atoms with E-state index in [9.17, 15) is 43.8 Å². The minimum Gasteiger partial charge on any atom is -0.463 e. The van der Waals surface area contributed by atoms with Gasteiger partial charge in [0.2, 0.25) is 0 Å². The maximum Gasteiger partial charge on any atom is 0.472 e. The second-order valence-electron chi connectivity index (χ2n) is 18.9. The van der Waals surface area contributed by atoms with Crippen LogP contribution in [-0.4, -0.2) is 95.0 Å². The first-order valence-corrected chi connectivity index (χ1v) is 30.7. The van der Waals surface area contributed by atoms with Crippen LogP contribution in [0.3, 0.4) is 0 Å². The zero-order valence-electron chi connectivity index (χ0n) is 44.0. The Morgan fingerprint density at radius 3 is 0.829 bits per heavy atom. The van der Waals surface area contributed by atoms with Gasteiger partial charge in [-0.1, -0.05) is 192 Å². The van der Waals surface area contributed by atoms with Gasteiger partial charge in [-0.2, -0.15) is 0 Å². The van der Waals surface area contributed by atoms with Gasteiger partial charge in [0.1, 0.15) is 31.5 Å². The number of carbonyl (C=O) groups excluding carboxylic acids is 2. The fourth-order valence-electron chi connectivity index (χ4n) is 7.56. The van der Waals surface area contributed by atoms with Gasteiger partial charge in [0.05, 0.1) is 26.4 Å². The Bertz CT molecular complexity index is 1350. The first kappa shape index (κ1) is 68.5. The molecular weight excluding hydrogens is 939 g/mol. The summed E-state index contributed by atoms with van der Waals surface area (Å²) in [4.78, 5) is 43.9. The van der Waals surface area contributed by atoms with Gasteiger partial charge in [0.25, 0.3) is 0 Å². The molecule has 15 nitrogen and oxygen atoms in total. The van der Waals surface area contributed by atoms with E-state index in [2.05, 4.69) is 47.2 Å². The summed E-state index contributed by atoms with van der Waals surface area (Å²) in [6.07, 6.45) is 45.9. The fraction of sp³-hybridized carbons (Fsp3) is 0.887. The van der Waals surface area contributed by atoms with Crippen molar-refractivity contribution in [3.05, 3.63) is 24.3 Å². The number of unbranched alkanes of at least 4 members (excludes halogenated alkanes) is 30. The Balaban J connectivity index is 3.81. The van der Waals surface area contributed by atoms with Crippen molar-refractivity contribution in [3.8, 4) is 0 Å². The van der Waals surface area contributed by atoms with E-state index in [0.717, 1.165) is 44.9 Å². The van der Waals surface area contributed by atoms with E-state index >= 15 is 0 Å². The predicted molar refractivity (Wildman–Crippen MR) is 279 cm³/mol. The van der Waals surface area contributed by atoms with E-state index in [4.69, 9.17) is 18.5 Å². The summed E-state index contributed by atoms with van der Waals surface area (Å²) in [6.45, 7) is 0.459. The monoisotopic (exact) mass is 1040 g/mol. The number of allylic oxidation sites excluding steroid dienone is 4. The SMILES string of the molecule is CCCCCCCC/C=C/CCCCCCCCCCCCCC(=O)OCC(O)COP(=O)(O)OCC(O)COP(=O)(O)OCC(O)COC(=O)CCCCCCCCC/C=C/CCCCCCCC. The minimum absolute atomic E-state index is 0.194. The molecule has 0 radical (unpaired) electrons. The Morgan fingerprint density at radius 1 is 0.357 bits per heavy atom. The Morgan fingerprint density at radius 2 is 0.571 bits per heavy atom. The van der Waals surface area contributed by atoms with E-state index in [0.29, 0.717) is 12.8 Å². The molecule has 5 unspecified atom stereocenters. The standard InChI is InChI=1S/C53H102O15P2/c1-3-5-7-9-11-13-15-17-19-21-22-23-24-26-28-30-32-34-36-38-40-42-53(58)64-44-50(55)46-66-70(61,62)68-48-51(56)47-67-69(59,60)65-45-49(54)43-63-52(57)41-39-37-35-33-31-29-27-25-20-18-16-14-12-10-8-6-4-2/h17-20,49-51,54-56H,3-16,21-48H2,1-2H3,(H,59,60)(H,61,62)/b19-17+,20-18+. The maximum absolute atomic E-state index is 12.2. The maximum atomic E-state index is 12.2. The average molecular weight is 1040 g/mol. The second kappa shape index (κ2) is 49.7. The quantitative estimate of drug-likeness (QED) is 0.0165. The summed E-state index contributed by atoms with van der Waals surface area (Å²) in [6, 6.07) is 0. The molecule has 70 heavy (non-hydrogen) atoms. The van der Waals surface area contributed by atoms with Gasteiger partial charge in [0.15, 0.2) is 0 Å². The number of ether oxygens (including phenoxy) is 2. The van der Waals surface area contributed by atoms with Gasteiger partial charge in [-0.3, -0.25) is 27.7 Å². The molecule has 17 heteroatoms. The van der Waals surface area contributed by atoms with Crippen molar-refractivity contribution < 1.29 is 71.4 Å². The number of esters is 2. The molecule has 5 N–H and O–H groups in total. The van der Waals surface area contributed by atoms with Gasteiger partial charge in [-0.25, -0.2) is 9.13 Å². The van der Waals surface area contributed by atoms with E-state index in [1.165, 1.54) is 161 Å². The summed E-state index contributed by atoms with van der Waals surface area (Å²) in [7, 11) is -9.57. The highest BCUT2D eigenvalue weighted by molar-refractivity contribution is 7.47. The van der Waals surface area contributed by atoms with Crippen LogP contribution in [0.4, 0.5) is 0 Å². The Hall–Kier alpha value is -1.48. The smallest absolute Gasteiger partial charge is 0.463 e. The number of hydrogen-bond acceptors (Lipinski definition) is 13. The zero-order valence-corrected chi connectivity index (χ0v) is 45.7. The third-order valence-corrected chi connectivity index (χ3v) is 13.8. The number of phosphoric ester groups is 2. The van der Waals surface area contributed by atoms with Crippen LogP contribution in [0.1, 0.15) is 245 Å². The molecule has 0 saturated heterocycles. The van der Waals surface area contributed by atoms with Crippen LogP contribution in [0.25, 0.3) is 0 Å². The summed E-state index contributed by atoms with van der Waals surface area (Å²) < 4.78 is 53.2. The Labute approximate surface area is 424 Å². The molecule has 0 bridgehead atoms. The third kappa shape index (κ3) is 51.4. The molecule has 0 rings (SSSR count). The van der Waals surface area contributed by atoms with Crippen molar-refractivity contribution in [3.63, 3.8) is 0 Å². The molecule has 0 aromatic carbocycles. The van der Waals surface area contributed by atoms with Gasteiger partial charge in [-0.15, -0.1) is 0 Å². The van der Waals surface area contributed by atoms with Crippen LogP contribution in [0, 0.1) is 0 Å². The number of aliphatic hydroxyl groups excluding tert-OH is 3.